The molecule has 14 heavy (non-hydrogen) atoms. The standard InChI is InChI=1S/C8H14O4S2/c1-3-13-8(7(11)12,14-4-2)5-6(9)10/h3-5H2,1-2H3,(H,9,10)(H,11,12). The van der Waals surface area contributed by atoms with E-state index in [0.717, 1.165) is 0 Å². The molecule has 0 aliphatic carbocycles. The van der Waals surface area contributed by atoms with Crippen molar-refractivity contribution in [2.45, 2.75) is 24.3 Å². The van der Waals surface area contributed by atoms with Gasteiger partial charge in [0.25, 0.3) is 0 Å². The van der Waals surface area contributed by atoms with E-state index in [9.17, 15) is 9.59 Å². The highest BCUT2D eigenvalue weighted by Gasteiger charge is 2.41. The highest BCUT2D eigenvalue weighted by atomic mass is 32.2. The zero-order valence-corrected chi connectivity index (χ0v) is 9.78. The van der Waals surface area contributed by atoms with Crippen LogP contribution in [0, 0.1) is 0 Å². The fourth-order valence-electron chi connectivity index (χ4n) is 1.01. The average Bonchev–Trinajstić information content (AvgIpc) is 2.03. The molecule has 0 heterocycles. The zero-order valence-electron chi connectivity index (χ0n) is 8.15. The summed E-state index contributed by atoms with van der Waals surface area (Å²) in [7, 11) is 0. The molecule has 0 spiro atoms. The quantitative estimate of drug-likeness (QED) is 0.658. The van der Waals surface area contributed by atoms with Gasteiger partial charge in [-0.25, -0.2) is 4.79 Å². The molecule has 82 valence electrons. The number of hydrogen-bond acceptors (Lipinski definition) is 4. The molecular formula is C8H14O4S2. The van der Waals surface area contributed by atoms with E-state index in [1.54, 1.807) is 0 Å². The van der Waals surface area contributed by atoms with Crippen LogP contribution in [0.3, 0.4) is 0 Å². The lowest BCUT2D eigenvalue weighted by molar-refractivity contribution is -0.143. The van der Waals surface area contributed by atoms with E-state index in [0.29, 0.717) is 11.5 Å². The predicted octanol–water partition coefficient (Wildman–Crippen LogP) is 1.75. The van der Waals surface area contributed by atoms with Crippen molar-refractivity contribution in [2.24, 2.45) is 0 Å². The van der Waals surface area contributed by atoms with Crippen LogP contribution in [-0.2, 0) is 9.59 Å². The van der Waals surface area contributed by atoms with Crippen LogP contribution in [-0.4, -0.2) is 37.7 Å². The van der Waals surface area contributed by atoms with E-state index < -0.39 is 16.0 Å². The van der Waals surface area contributed by atoms with Crippen LogP contribution >= 0.6 is 23.5 Å². The molecule has 0 atom stereocenters. The Bertz CT molecular complexity index is 211. The molecule has 0 aromatic carbocycles. The molecule has 0 fully saturated rings. The SMILES string of the molecule is CCSC(CC(=O)O)(SCC)C(=O)O. The van der Waals surface area contributed by atoms with Crippen molar-refractivity contribution in [1.29, 1.82) is 0 Å². The van der Waals surface area contributed by atoms with Crippen LogP contribution in [0.1, 0.15) is 20.3 Å². The summed E-state index contributed by atoms with van der Waals surface area (Å²) in [6.45, 7) is 3.64. The van der Waals surface area contributed by atoms with E-state index in [4.69, 9.17) is 10.2 Å². The van der Waals surface area contributed by atoms with Gasteiger partial charge in [-0.15, -0.1) is 23.5 Å². The van der Waals surface area contributed by atoms with Crippen molar-refractivity contribution in [1.82, 2.24) is 0 Å². The second kappa shape index (κ2) is 6.19. The predicted molar refractivity (Wildman–Crippen MR) is 58.9 cm³/mol. The maximum Gasteiger partial charge on any atom is 0.330 e. The van der Waals surface area contributed by atoms with Crippen molar-refractivity contribution in [3.8, 4) is 0 Å². The summed E-state index contributed by atoms with van der Waals surface area (Å²) in [5.74, 6) is -0.952. The second-order valence-electron chi connectivity index (χ2n) is 2.49. The molecule has 4 nitrogen and oxygen atoms in total. The van der Waals surface area contributed by atoms with Gasteiger partial charge in [0.1, 0.15) is 0 Å². The van der Waals surface area contributed by atoms with Crippen molar-refractivity contribution < 1.29 is 19.8 Å². The average molecular weight is 238 g/mol. The van der Waals surface area contributed by atoms with Gasteiger partial charge in [-0.1, -0.05) is 13.8 Å². The number of carbonyl (C=O) groups is 2. The minimum atomic E-state index is -1.23. The summed E-state index contributed by atoms with van der Waals surface area (Å²) in [6.07, 6.45) is -0.348. The van der Waals surface area contributed by atoms with Crippen LogP contribution in [0.15, 0.2) is 0 Å². The van der Waals surface area contributed by atoms with Crippen LogP contribution < -0.4 is 0 Å². The summed E-state index contributed by atoms with van der Waals surface area (Å²) in [4.78, 5) is 21.6. The maximum absolute atomic E-state index is 11.0. The smallest absolute Gasteiger partial charge is 0.330 e. The Morgan fingerprint density at radius 2 is 1.57 bits per heavy atom. The molecule has 0 amide bonds. The van der Waals surface area contributed by atoms with Gasteiger partial charge in [-0.3, -0.25) is 4.79 Å². The number of rotatable bonds is 7. The van der Waals surface area contributed by atoms with E-state index in [1.165, 1.54) is 23.5 Å². The lowest BCUT2D eigenvalue weighted by Crippen LogP contribution is -2.34. The van der Waals surface area contributed by atoms with Crippen LogP contribution in [0.2, 0.25) is 0 Å². The molecule has 0 aliphatic heterocycles. The zero-order chi connectivity index (χ0) is 11.2. The van der Waals surface area contributed by atoms with Gasteiger partial charge < -0.3 is 10.2 Å². The molecule has 0 saturated heterocycles. The van der Waals surface area contributed by atoms with E-state index in [1.807, 2.05) is 13.8 Å². The molecular weight excluding hydrogens is 224 g/mol. The van der Waals surface area contributed by atoms with Gasteiger partial charge in [0.05, 0.1) is 6.42 Å². The second-order valence-corrected chi connectivity index (χ2v) is 5.88. The van der Waals surface area contributed by atoms with Gasteiger partial charge in [-0.05, 0) is 11.5 Å². The van der Waals surface area contributed by atoms with Gasteiger partial charge in [0.2, 0.25) is 0 Å². The Hall–Kier alpha value is -0.360. The maximum atomic E-state index is 11.0. The van der Waals surface area contributed by atoms with Crippen molar-refractivity contribution in [3.63, 3.8) is 0 Å². The third kappa shape index (κ3) is 3.79. The molecule has 0 unspecified atom stereocenters. The Morgan fingerprint density at radius 3 is 1.79 bits per heavy atom. The lowest BCUT2D eigenvalue weighted by Gasteiger charge is -2.25. The van der Waals surface area contributed by atoms with Crippen LogP contribution in [0.5, 0.6) is 0 Å². The Labute approximate surface area is 91.5 Å². The highest BCUT2D eigenvalue weighted by Crippen LogP contribution is 2.40. The number of carboxylic acids is 2. The van der Waals surface area contributed by atoms with Gasteiger partial charge in [-0.2, -0.15) is 0 Å². The first kappa shape index (κ1) is 13.6. The fourth-order valence-corrected chi connectivity index (χ4v) is 3.68. The molecule has 0 saturated carbocycles. The first-order valence-electron chi connectivity index (χ1n) is 4.21. The molecule has 2 N–H and O–H groups in total. The van der Waals surface area contributed by atoms with E-state index in [2.05, 4.69) is 0 Å². The molecule has 0 bridgehead atoms. The number of thioether (sulfide) groups is 2. The summed E-state index contributed by atoms with van der Waals surface area (Å²) in [6, 6.07) is 0. The van der Waals surface area contributed by atoms with Crippen LogP contribution in [0.25, 0.3) is 0 Å². The first-order valence-corrected chi connectivity index (χ1v) is 6.18. The van der Waals surface area contributed by atoms with Crippen molar-refractivity contribution in [2.75, 3.05) is 11.5 Å². The van der Waals surface area contributed by atoms with Gasteiger partial charge in [0.15, 0.2) is 4.08 Å². The monoisotopic (exact) mass is 238 g/mol. The number of aliphatic carboxylic acids is 2. The van der Waals surface area contributed by atoms with Crippen LogP contribution in [0.4, 0.5) is 0 Å². The summed E-state index contributed by atoms with van der Waals surface area (Å²) in [5, 5.41) is 17.7. The Balaban J connectivity index is 4.73. The molecule has 6 heteroatoms. The minimum Gasteiger partial charge on any atom is -0.481 e. The summed E-state index contributed by atoms with van der Waals surface area (Å²) in [5.41, 5.74) is 0. The lowest BCUT2D eigenvalue weighted by atomic mass is 10.3. The molecule has 0 aromatic heterocycles. The van der Waals surface area contributed by atoms with Gasteiger partial charge >= 0.3 is 11.9 Å². The molecule has 0 aliphatic rings. The van der Waals surface area contributed by atoms with Crippen molar-refractivity contribution in [3.05, 3.63) is 0 Å². The Morgan fingerprint density at radius 1 is 1.14 bits per heavy atom. The fraction of sp³-hybridized carbons (Fsp3) is 0.750. The van der Waals surface area contributed by atoms with Gasteiger partial charge in [0, 0.05) is 0 Å². The van der Waals surface area contributed by atoms with E-state index >= 15 is 0 Å². The normalized spacial score (nSPS) is 11.3. The van der Waals surface area contributed by atoms with E-state index in [-0.39, 0.29) is 6.42 Å². The highest BCUT2D eigenvalue weighted by molar-refractivity contribution is 8.19. The largest absolute Gasteiger partial charge is 0.481 e. The molecule has 0 radical (unpaired) electrons. The molecule has 0 aromatic rings. The van der Waals surface area contributed by atoms with Crippen molar-refractivity contribution >= 4 is 35.5 Å². The third-order valence-corrected chi connectivity index (χ3v) is 4.32. The third-order valence-electron chi connectivity index (χ3n) is 1.46. The molecule has 0 rings (SSSR count). The topological polar surface area (TPSA) is 74.6 Å². The summed E-state index contributed by atoms with van der Waals surface area (Å²) < 4.78 is -1.23. The number of carboxylic acid groups (broad SMARTS) is 2. The summed E-state index contributed by atoms with van der Waals surface area (Å²) >= 11 is 2.33. The first-order chi connectivity index (χ1) is 6.48. The Kier molecular flexibility index (Phi) is 6.03. The minimum absolute atomic E-state index is 0.348. The number of hydrogen-bond donors (Lipinski definition) is 2.